The van der Waals surface area contributed by atoms with E-state index in [1.165, 1.54) is 6.07 Å². The number of rotatable bonds is 2. The van der Waals surface area contributed by atoms with Gasteiger partial charge in [0.15, 0.2) is 5.65 Å². The van der Waals surface area contributed by atoms with Crippen molar-refractivity contribution in [3.63, 3.8) is 0 Å². The highest BCUT2D eigenvalue weighted by molar-refractivity contribution is 5.87. The van der Waals surface area contributed by atoms with E-state index in [1.807, 2.05) is 19.2 Å². The van der Waals surface area contributed by atoms with Crippen LogP contribution >= 0.6 is 0 Å². The normalized spacial score (nSPS) is 15.0. The van der Waals surface area contributed by atoms with Crippen LogP contribution in [0.2, 0.25) is 0 Å². The van der Waals surface area contributed by atoms with Gasteiger partial charge in [0.1, 0.15) is 11.9 Å². The van der Waals surface area contributed by atoms with Gasteiger partial charge in [0, 0.05) is 35.8 Å². The van der Waals surface area contributed by atoms with Crippen LogP contribution in [0.5, 0.6) is 0 Å². The number of pyridine rings is 2. The second-order valence-corrected chi connectivity index (χ2v) is 7.80. The van der Waals surface area contributed by atoms with Gasteiger partial charge in [0.2, 0.25) is 0 Å². The molecule has 0 spiro atoms. The number of benzene rings is 1. The molecule has 1 aromatic carbocycles. The number of nitrogens with one attached hydrogen (secondary N) is 1. The van der Waals surface area contributed by atoms with Gasteiger partial charge in [0.25, 0.3) is 5.56 Å². The van der Waals surface area contributed by atoms with Crippen molar-refractivity contribution in [1.29, 1.82) is 5.26 Å². The first-order valence-electron chi connectivity index (χ1n) is 10.00. The molecule has 7 heteroatoms. The molecule has 0 radical (unpaired) electrons. The molecule has 0 bridgehead atoms. The van der Waals surface area contributed by atoms with Gasteiger partial charge in [-0.2, -0.15) is 5.26 Å². The van der Waals surface area contributed by atoms with Crippen molar-refractivity contribution in [2.24, 2.45) is 0 Å². The van der Waals surface area contributed by atoms with Crippen LogP contribution in [0.3, 0.4) is 0 Å². The molecule has 1 aliphatic heterocycles. The summed E-state index contributed by atoms with van der Waals surface area (Å²) in [5.74, 6) is -0.484. The number of imidazole rings is 1. The third-order valence-electron chi connectivity index (χ3n) is 5.82. The van der Waals surface area contributed by atoms with Crippen LogP contribution in [0.15, 0.2) is 47.7 Å². The Morgan fingerprint density at radius 1 is 1.23 bits per heavy atom. The number of hydrogen-bond acceptors (Lipinski definition) is 4. The number of halogens is 1. The Balaban J connectivity index is 1.66. The predicted molar refractivity (Wildman–Crippen MR) is 113 cm³/mol. The molecule has 0 atom stereocenters. The average Bonchev–Trinajstić information content (AvgIpc) is 3.14. The molecule has 3 aromatic heterocycles. The zero-order valence-electron chi connectivity index (χ0n) is 16.5. The van der Waals surface area contributed by atoms with Gasteiger partial charge in [-0.05, 0) is 62.5 Å². The summed E-state index contributed by atoms with van der Waals surface area (Å²) in [5.41, 5.74) is 2.46. The van der Waals surface area contributed by atoms with Gasteiger partial charge in [0.05, 0.1) is 16.6 Å². The Bertz CT molecular complexity index is 1390. The second-order valence-electron chi connectivity index (χ2n) is 7.80. The van der Waals surface area contributed by atoms with Crippen LogP contribution in [-0.2, 0) is 0 Å². The molecule has 0 unspecified atom stereocenters. The van der Waals surface area contributed by atoms with E-state index in [2.05, 4.69) is 16.4 Å². The number of piperidine rings is 1. The molecule has 1 aliphatic rings. The van der Waals surface area contributed by atoms with Crippen molar-refractivity contribution in [1.82, 2.24) is 19.3 Å². The summed E-state index contributed by atoms with van der Waals surface area (Å²) in [4.78, 5) is 17.4. The van der Waals surface area contributed by atoms with Crippen molar-refractivity contribution in [3.05, 3.63) is 70.3 Å². The fourth-order valence-corrected chi connectivity index (χ4v) is 4.32. The number of nitrogens with zero attached hydrogens (tertiary/aromatic N) is 4. The van der Waals surface area contributed by atoms with Gasteiger partial charge in [-0.25, -0.2) is 9.37 Å². The van der Waals surface area contributed by atoms with E-state index >= 15 is 4.39 Å². The highest BCUT2D eigenvalue weighted by Crippen LogP contribution is 2.29. The van der Waals surface area contributed by atoms with E-state index in [0.29, 0.717) is 33.1 Å². The molecule has 4 aromatic rings. The van der Waals surface area contributed by atoms with E-state index in [9.17, 15) is 10.1 Å². The Kier molecular flexibility index (Phi) is 4.37. The van der Waals surface area contributed by atoms with E-state index in [1.54, 1.807) is 33.5 Å². The lowest BCUT2D eigenvalue weighted by Crippen LogP contribution is -2.34. The molecule has 30 heavy (non-hydrogen) atoms. The Morgan fingerprint density at radius 2 is 2.03 bits per heavy atom. The summed E-state index contributed by atoms with van der Waals surface area (Å²) in [6, 6.07) is 8.79. The van der Waals surface area contributed by atoms with Gasteiger partial charge < -0.3 is 14.3 Å². The standard InChI is InChI=1S/C23H20FN5O/c1-14-12-28-13-17(8-16(11-25)22(28)27-14)19-9-15-4-7-29(18-2-5-26-6-3-18)23(30)20(15)10-21(19)24/h4,7-10,12-13,18,26H,2-3,5-6H2,1H3. The van der Waals surface area contributed by atoms with Crippen LogP contribution in [-0.4, -0.2) is 27.0 Å². The largest absolute Gasteiger partial charge is 0.317 e. The van der Waals surface area contributed by atoms with E-state index in [4.69, 9.17) is 0 Å². The first-order chi connectivity index (χ1) is 14.5. The Labute approximate surface area is 172 Å². The zero-order chi connectivity index (χ0) is 20.8. The summed E-state index contributed by atoms with van der Waals surface area (Å²) >= 11 is 0. The third-order valence-corrected chi connectivity index (χ3v) is 5.82. The fourth-order valence-electron chi connectivity index (χ4n) is 4.32. The molecule has 0 aliphatic carbocycles. The number of aryl methyl sites for hydroxylation is 1. The van der Waals surface area contributed by atoms with Crippen LogP contribution in [0.1, 0.15) is 30.1 Å². The lowest BCUT2D eigenvalue weighted by molar-refractivity contribution is 0.362. The molecule has 6 nitrogen and oxygen atoms in total. The van der Waals surface area contributed by atoms with Crippen LogP contribution < -0.4 is 10.9 Å². The van der Waals surface area contributed by atoms with Gasteiger partial charge in [-0.3, -0.25) is 4.79 Å². The Hall–Kier alpha value is -3.50. The molecule has 1 fully saturated rings. The van der Waals surface area contributed by atoms with Gasteiger partial charge >= 0.3 is 0 Å². The zero-order valence-corrected chi connectivity index (χ0v) is 16.5. The fraction of sp³-hybridized carbons (Fsp3) is 0.261. The minimum atomic E-state index is -0.484. The lowest BCUT2D eigenvalue weighted by Gasteiger charge is -2.25. The summed E-state index contributed by atoms with van der Waals surface area (Å²) in [5, 5.41) is 13.9. The molecule has 0 saturated carbocycles. The number of hydrogen-bond donors (Lipinski definition) is 1. The minimum Gasteiger partial charge on any atom is -0.317 e. The topological polar surface area (TPSA) is 75.1 Å². The summed E-state index contributed by atoms with van der Waals surface area (Å²) in [7, 11) is 0. The molecular weight excluding hydrogens is 381 g/mol. The van der Waals surface area contributed by atoms with Crippen LogP contribution in [0.4, 0.5) is 4.39 Å². The molecule has 150 valence electrons. The van der Waals surface area contributed by atoms with Crippen molar-refractivity contribution >= 4 is 16.4 Å². The minimum absolute atomic E-state index is 0.135. The van der Waals surface area contributed by atoms with Crippen molar-refractivity contribution in [2.45, 2.75) is 25.8 Å². The Morgan fingerprint density at radius 3 is 2.80 bits per heavy atom. The first kappa shape index (κ1) is 18.5. The molecule has 1 N–H and O–H groups in total. The number of fused-ring (bicyclic) bond motifs is 2. The number of nitriles is 1. The SMILES string of the molecule is Cc1cn2cc(-c3cc4ccn(C5CCNCC5)c(=O)c4cc3F)cc(C#N)c2n1. The quantitative estimate of drug-likeness (QED) is 0.557. The van der Waals surface area contributed by atoms with E-state index < -0.39 is 5.82 Å². The highest BCUT2D eigenvalue weighted by atomic mass is 19.1. The predicted octanol–water partition coefficient (Wildman–Crippen LogP) is 3.56. The maximum absolute atomic E-state index is 15.1. The van der Waals surface area contributed by atoms with Gasteiger partial charge in [-0.15, -0.1) is 0 Å². The average molecular weight is 401 g/mol. The maximum atomic E-state index is 15.1. The van der Waals surface area contributed by atoms with Crippen molar-refractivity contribution in [2.75, 3.05) is 13.1 Å². The highest BCUT2D eigenvalue weighted by Gasteiger charge is 2.18. The smallest absolute Gasteiger partial charge is 0.258 e. The molecule has 4 heterocycles. The van der Waals surface area contributed by atoms with Crippen molar-refractivity contribution < 1.29 is 4.39 Å². The monoisotopic (exact) mass is 401 g/mol. The van der Waals surface area contributed by atoms with Crippen molar-refractivity contribution in [3.8, 4) is 17.2 Å². The molecule has 1 saturated heterocycles. The number of aromatic nitrogens is 3. The summed E-state index contributed by atoms with van der Waals surface area (Å²) < 4.78 is 18.6. The maximum Gasteiger partial charge on any atom is 0.258 e. The molecule has 5 rings (SSSR count). The van der Waals surface area contributed by atoms with E-state index in [-0.39, 0.29) is 11.6 Å². The third kappa shape index (κ3) is 2.97. The summed E-state index contributed by atoms with van der Waals surface area (Å²) in [6.07, 6.45) is 7.14. The molecular formula is C23H20FN5O. The van der Waals surface area contributed by atoms with Crippen LogP contribution in [0.25, 0.3) is 27.5 Å². The summed E-state index contributed by atoms with van der Waals surface area (Å²) in [6.45, 7) is 3.59. The second kappa shape index (κ2) is 7.08. The first-order valence-corrected chi connectivity index (χ1v) is 10.00. The molecule has 0 amide bonds. The van der Waals surface area contributed by atoms with E-state index in [0.717, 1.165) is 31.6 Å². The van der Waals surface area contributed by atoms with Crippen LogP contribution in [0, 0.1) is 24.1 Å². The lowest BCUT2D eigenvalue weighted by atomic mass is 10.0. The van der Waals surface area contributed by atoms with Gasteiger partial charge in [-0.1, -0.05) is 0 Å².